The predicted octanol–water partition coefficient (Wildman–Crippen LogP) is 2.92. The summed E-state index contributed by atoms with van der Waals surface area (Å²) in [5.41, 5.74) is 0. The molecule has 0 amide bonds. The van der Waals surface area contributed by atoms with E-state index in [-0.39, 0.29) is 0 Å². The topological polar surface area (TPSA) is 46.2 Å². The molecule has 1 aromatic carbocycles. The molecule has 0 spiro atoms. The lowest BCUT2D eigenvalue weighted by Gasteiger charge is -2.06. The number of nitrogens with one attached hydrogen (secondary N) is 1. The molecule has 0 fully saturated rings. The van der Waals surface area contributed by atoms with Crippen LogP contribution >= 0.6 is 15.9 Å². The number of benzene rings is 1. The molecular formula is C11H16BrNO2S. The fraction of sp³-hybridized carbons (Fsp3) is 0.455. The Balaban J connectivity index is 2.60. The van der Waals surface area contributed by atoms with Crippen LogP contribution in [0.2, 0.25) is 0 Å². The number of sulfonamides is 1. The predicted molar refractivity (Wildman–Crippen MR) is 68.9 cm³/mol. The van der Waals surface area contributed by atoms with Crippen LogP contribution in [-0.4, -0.2) is 15.0 Å². The SMILES string of the molecule is CCCCCNS(=O)(=O)c1ccc(Br)cc1. The van der Waals surface area contributed by atoms with Gasteiger partial charge in [-0.25, -0.2) is 13.1 Å². The minimum Gasteiger partial charge on any atom is -0.211 e. The third-order valence-corrected chi connectivity index (χ3v) is 4.20. The first kappa shape index (κ1) is 13.7. The second kappa shape index (κ2) is 6.37. The van der Waals surface area contributed by atoms with Gasteiger partial charge in [-0.3, -0.25) is 0 Å². The van der Waals surface area contributed by atoms with E-state index < -0.39 is 10.0 Å². The van der Waals surface area contributed by atoms with Crippen LogP contribution in [0.5, 0.6) is 0 Å². The number of rotatable bonds is 6. The molecule has 5 heteroatoms. The van der Waals surface area contributed by atoms with Crippen LogP contribution in [0.3, 0.4) is 0 Å². The highest BCUT2D eigenvalue weighted by Gasteiger charge is 2.12. The molecule has 0 atom stereocenters. The van der Waals surface area contributed by atoms with E-state index in [1.54, 1.807) is 24.3 Å². The monoisotopic (exact) mass is 305 g/mol. The van der Waals surface area contributed by atoms with Gasteiger partial charge in [0.1, 0.15) is 0 Å². The van der Waals surface area contributed by atoms with Gasteiger partial charge in [0.05, 0.1) is 4.90 Å². The van der Waals surface area contributed by atoms with Gasteiger partial charge in [-0.1, -0.05) is 35.7 Å². The van der Waals surface area contributed by atoms with Crippen LogP contribution in [0.25, 0.3) is 0 Å². The summed E-state index contributed by atoms with van der Waals surface area (Å²) in [5.74, 6) is 0. The molecule has 0 saturated heterocycles. The van der Waals surface area contributed by atoms with Crippen molar-refractivity contribution in [1.82, 2.24) is 4.72 Å². The van der Waals surface area contributed by atoms with Gasteiger partial charge in [0.15, 0.2) is 0 Å². The van der Waals surface area contributed by atoms with Gasteiger partial charge in [-0.2, -0.15) is 0 Å². The van der Waals surface area contributed by atoms with Crippen molar-refractivity contribution in [1.29, 1.82) is 0 Å². The fourth-order valence-corrected chi connectivity index (χ4v) is 2.62. The van der Waals surface area contributed by atoms with Crippen molar-refractivity contribution in [3.63, 3.8) is 0 Å². The molecule has 0 bridgehead atoms. The van der Waals surface area contributed by atoms with Crippen LogP contribution in [0.4, 0.5) is 0 Å². The molecule has 3 nitrogen and oxygen atoms in total. The molecule has 1 aromatic rings. The summed E-state index contributed by atoms with van der Waals surface area (Å²) in [4.78, 5) is 0.312. The molecule has 0 aliphatic heterocycles. The first-order valence-corrected chi connectivity index (χ1v) is 7.59. The molecule has 1 N–H and O–H groups in total. The van der Waals surface area contributed by atoms with Crippen molar-refractivity contribution >= 4 is 26.0 Å². The van der Waals surface area contributed by atoms with Gasteiger partial charge in [-0.05, 0) is 30.7 Å². The van der Waals surface area contributed by atoms with Crippen molar-refractivity contribution < 1.29 is 8.42 Å². The standard InChI is InChI=1S/C11H16BrNO2S/c1-2-3-4-9-13-16(14,15)11-7-5-10(12)6-8-11/h5-8,13H,2-4,9H2,1H3. The average molecular weight is 306 g/mol. The van der Waals surface area contributed by atoms with Crippen molar-refractivity contribution in [3.05, 3.63) is 28.7 Å². The Hall–Kier alpha value is -0.390. The Morgan fingerprint density at radius 1 is 1.19 bits per heavy atom. The quantitative estimate of drug-likeness (QED) is 0.821. The Morgan fingerprint density at radius 3 is 2.38 bits per heavy atom. The summed E-state index contributed by atoms with van der Waals surface area (Å²) in [6.45, 7) is 2.59. The molecule has 0 aliphatic carbocycles. The van der Waals surface area contributed by atoms with Gasteiger partial charge in [0.25, 0.3) is 0 Å². The number of halogens is 1. The molecule has 0 aliphatic rings. The maximum atomic E-state index is 11.8. The van der Waals surface area contributed by atoms with E-state index in [0.29, 0.717) is 11.4 Å². The Bertz CT molecular complexity index is 414. The van der Waals surface area contributed by atoms with E-state index in [4.69, 9.17) is 0 Å². The van der Waals surface area contributed by atoms with E-state index in [0.717, 1.165) is 23.7 Å². The van der Waals surface area contributed by atoms with Crippen LogP contribution < -0.4 is 4.72 Å². The van der Waals surface area contributed by atoms with E-state index in [1.807, 2.05) is 0 Å². The zero-order chi connectivity index (χ0) is 12.0. The first-order chi connectivity index (χ1) is 7.56. The van der Waals surface area contributed by atoms with Crippen molar-refractivity contribution in [2.45, 2.75) is 31.1 Å². The minimum atomic E-state index is -3.33. The minimum absolute atomic E-state index is 0.312. The summed E-state index contributed by atoms with van der Waals surface area (Å²) in [6.07, 6.45) is 3.01. The van der Waals surface area contributed by atoms with Gasteiger partial charge in [-0.15, -0.1) is 0 Å². The summed E-state index contributed by atoms with van der Waals surface area (Å²) in [5, 5.41) is 0. The first-order valence-electron chi connectivity index (χ1n) is 5.31. The number of unbranched alkanes of at least 4 members (excludes halogenated alkanes) is 2. The zero-order valence-electron chi connectivity index (χ0n) is 9.24. The van der Waals surface area contributed by atoms with Crippen molar-refractivity contribution in [2.24, 2.45) is 0 Å². The molecule has 0 saturated carbocycles. The van der Waals surface area contributed by atoms with E-state index in [1.165, 1.54) is 0 Å². The maximum absolute atomic E-state index is 11.8. The van der Waals surface area contributed by atoms with Crippen LogP contribution in [-0.2, 0) is 10.0 Å². The van der Waals surface area contributed by atoms with Crippen molar-refractivity contribution in [3.8, 4) is 0 Å². The van der Waals surface area contributed by atoms with Gasteiger partial charge in [0.2, 0.25) is 10.0 Å². The summed E-state index contributed by atoms with van der Waals surface area (Å²) in [6, 6.07) is 6.62. The van der Waals surface area contributed by atoms with Crippen LogP contribution in [0, 0.1) is 0 Å². The van der Waals surface area contributed by atoms with E-state index >= 15 is 0 Å². The fourth-order valence-electron chi connectivity index (χ4n) is 1.28. The molecule has 90 valence electrons. The summed E-state index contributed by atoms with van der Waals surface area (Å²) >= 11 is 3.27. The van der Waals surface area contributed by atoms with Crippen molar-refractivity contribution in [2.75, 3.05) is 6.54 Å². The van der Waals surface area contributed by atoms with Gasteiger partial charge in [0, 0.05) is 11.0 Å². The lowest BCUT2D eigenvalue weighted by atomic mass is 10.3. The largest absolute Gasteiger partial charge is 0.240 e. The lowest BCUT2D eigenvalue weighted by molar-refractivity contribution is 0.576. The zero-order valence-corrected chi connectivity index (χ0v) is 11.6. The highest BCUT2D eigenvalue weighted by Crippen LogP contribution is 2.14. The average Bonchev–Trinajstić information content (AvgIpc) is 2.25. The number of hydrogen-bond acceptors (Lipinski definition) is 2. The molecule has 0 aromatic heterocycles. The second-order valence-electron chi connectivity index (χ2n) is 3.56. The third-order valence-electron chi connectivity index (χ3n) is 2.20. The smallest absolute Gasteiger partial charge is 0.211 e. The normalized spacial score (nSPS) is 11.6. The van der Waals surface area contributed by atoms with Crippen LogP contribution in [0.15, 0.2) is 33.6 Å². The van der Waals surface area contributed by atoms with E-state index in [2.05, 4.69) is 27.6 Å². The van der Waals surface area contributed by atoms with Crippen LogP contribution in [0.1, 0.15) is 26.2 Å². The Morgan fingerprint density at radius 2 is 1.81 bits per heavy atom. The molecule has 0 unspecified atom stereocenters. The summed E-state index contributed by atoms with van der Waals surface area (Å²) < 4.78 is 27.0. The van der Waals surface area contributed by atoms with E-state index in [9.17, 15) is 8.42 Å². The highest BCUT2D eigenvalue weighted by atomic mass is 79.9. The summed E-state index contributed by atoms with van der Waals surface area (Å²) in [7, 11) is -3.33. The highest BCUT2D eigenvalue weighted by molar-refractivity contribution is 9.10. The third kappa shape index (κ3) is 4.23. The second-order valence-corrected chi connectivity index (χ2v) is 6.24. The maximum Gasteiger partial charge on any atom is 0.240 e. The molecular weight excluding hydrogens is 290 g/mol. The Labute approximate surface area is 105 Å². The molecule has 16 heavy (non-hydrogen) atoms. The number of hydrogen-bond donors (Lipinski definition) is 1. The lowest BCUT2D eigenvalue weighted by Crippen LogP contribution is -2.24. The molecule has 0 heterocycles. The molecule has 0 radical (unpaired) electrons. The Kier molecular flexibility index (Phi) is 5.44. The van der Waals surface area contributed by atoms with Gasteiger partial charge < -0.3 is 0 Å². The molecule has 1 rings (SSSR count). The van der Waals surface area contributed by atoms with Gasteiger partial charge >= 0.3 is 0 Å².